The Morgan fingerprint density at radius 2 is 1.74 bits per heavy atom. The smallest absolute Gasteiger partial charge is 0.349 e. The fourth-order valence-electron chi connectivity index (χ4n) is 5.09. The van der Waals surface area contributed by atoms with Crippen LogP contribution < -0.4 is 4.74 Å². The average Bonchev–Trinajstić information content (AvgIpc) is 3.32. The third-order valence-electron chi connectivity index (χ3n) is 7.12. The summed E-state index contributed by atoms with van der Waals surface area (Å²) < 4.78 is 26.1. The molecule has 5 nitrogen and oxygen atoms in total. The van der Waals surface area contributed by atoms with Gasteiger partial charge >= 0.3 is 5.97 Å². The van der Waals surface area contributed by atoms with Crippen LogP contribution in [0, 0.1) is 17.7 Å². The van der Waals surface area contributed by atoms with Crippen molar-refractivity contribution in [2.75, 3.05) is 26.0 Å². The molecule has 4 rings (SSSR count). The molecule has 1 saturated heterocycles. The lowest BCUT2D eigenvalue weighted by atomic mass is 9.84. The largest absolute Gasteiger partial charge is 0.476 e. The maximum Gasteiger partial charge on any atom is 0.349 e. The average molecular weight is 550 g/mol. The third-order valence-corrected chi connectivity index (χ3v) is 7.87. The van der Waals surface area contributed by atoms with Crippen LogP contribution in [-0.4, -0.2) is 48.2 Å². The molecule has 1 heterocycles. The number of nitrogens with zero attached hydrogens (tertiary/aromatic N) is 1. The molecular formula is C32H36FNO4S. The number of halogens is 1. The molecule has 0 amide bonds. The summed E-state index contributed by atoms with van der Waals surface area (Å²) in [5, 5.41) is 0. The minimum atomic E-state index is -1.24. The summed E-state index contributed by atoms with van der Waals surface area (Å²) in [6, 6.07) is 22.6. The van der Waals surface area contributed by atoms with Crippen molar-refractivity contribution in [3.05, 3.63) is 95.3 Å². The number of likely N-dealkylation sites (tertiary alicyclic amines) is 1. The number of ketones is 1. The lowest BCUT2D eigenvalue weighted by Gasteiger charge is -2.24. The van der Waals surface area contributed by atoms with E-state index in [0.717, 1.165) is 11.4 Å². The first-order valence-corrected chi connectivity index (χ1v) is 14.5. The van der Waals surface area contributed by atoms with E-state index in [9.17, 15) is 9.59 Å². The van der Waals surface area contributed by atoms with Crippen molar-refractivity contribution < 1.29 is 23.5 Å². The quantitative estimate of drug-likeness (QED) is 0.156. The molecule has 0 aliphatic carbocycles. The molecule has 1 fully saturated rings. The number of hydrogen-bond donors (Lipinski definition) is 0. The number of ether oxygens (including phenoxy) is 2. The fourth-order valence-corrected chi connectivity index (χ4v) is 5.49. The molecular weight excluding hydrogens is 513 g/mol. The van der Waals surface area contributed by atoms with E-state index in [2.05, 4.69) is 17.0 Å². The molecule has 0 saturated carbocycles. The van der Waals surface area contributed by atoms with Crippen LogP contribution in [0.25, 0.3) is 0 Å². The van der Waals surface area contributed by atoms with Gasteiger partial charge in [-0.3, -0.25) is 9.69 Å². The molecule has 2 atom stereocenters. The van der Waals surface area contributed by atoms with E-state index in [0.29, 0.717) is 30.6 Å². The van der Waals surface area contributed by atoms with E-state index in [1.165, 1.54) is 11.6 Å². The zero-order chi connectivity index (χ0) is 28.0. The number of carbonyl (C=O) groups is 2. The number of esters is 1. The van der Waals surface area contributed by atoms with Gasteiger partial charge in [-0.1, -0.05) is 48.5 Å². The molecule has 1 aliphatic heterocycles. The van der Waals surface area contributed by atoms with Crippen LogP contribution in [0.3, 0.4) is 0 Å². The summed E-state index contributed by atoms with van der Waals surface area (Å²) in [5.74, 6) is -0.853. The highest BCUT2D eigenvalue weighted by atomic mass is 32.2. The molecule has 0 spiro atoms. The Labute approximate surface area is 234 Å². The van der Waals surface area contributed by atoms with E-state index in [1.807, 2.05) is 48.7 Å². The zero-order valence-electron chi connectivity index (χ0n) is 23.0. The van der Waals surface area contributed by atoms with Crippen molar-refractivity contribution >= 4 is 23.5 Å². The van der Waals surface area contributed by atoms with Crippen LogP contribution in [-0.2, 0) is 22.5 Å². The Morgan fingerprint density at radius 3 is 2.38 bits per heavy atom. The Balaban J connectivity index is 1.53. The summed E-state index contributed by atoms with van der Waals surface area (Å²) in [4.78, 5) is 29.2. The Bertz CT molecular complexity index is 1280. The molecule has 3 aromatic carbocycles. The third kappa shape index (κ3) is 7.28. The molecule has 7 heteroatoms. The highest BCUT2D eigenvalue weighted by molar-refractivity contribution is 7.98. The normalized spacial score (nSPS) is 17.7. The van der Waals surface area contributed by atoms with Crippen LogP contribution in [0.4, 0.5) is 4.39 Å². The monoisotopic (exact) mass is 549 g/mol. The number of benzene rings is 3. The molecule has 0 aromatic heterocycles. The van der Waals surface area contributed by atoms with E-state index in [4.69, 9.17) is 9.47 Å². The summed E-state index contributed by atoms with van der Waals surface area (Å²) in [5.41, 5.74) is 1.16. The molecule has 0 bridgehead atoms. The van der Waals surface area contributed by atoms with E-state index in [-0.39, 0.29) is 30.0 Å². The van der Waals surface area contributed by atoms with Crippen molar-refractivity contribution in [3.63, 3.8) is 0 Å². The van der Waals surface area contributed by atoms with Crippen molar-refractivity contribution in [2.45, 2.75) is 44.2 Å². The number of Topliss-reactive ketones (excluding diaryl/α,β-unsaturated/α-hetero) is 1. The number of thioether (sulfide) groups is 1. The highest BCUT2D eigenvalue weighted by Crippen LogP contribution is 2.33. The summed E-state index contributed by atoms with van der Waals surface area (Å²) in [6.07, 6.45) is 2.44. The molecule has 1 aliphatic rings. The SMILES string of the molecule is CCOC(=O)C(C)(C)Oc1ccc(C[C@H]2CN(Cc3ccccc3)CC2C(=O)c2ccc(SC)cc2)c(F)c1. The van der Waals surface area contributed by atoms with Gasteiger partial charge in [0.1, 0.15) is 11.6 Å². The van der Waals surface area contributed by atoms with Gasteiger partial charge in [0.2, 0.25) is 0 Å². The Hall–Kier alpha value is -3.16. The fraction of sp³-hybridized carbons (Fsp3) is 0.375. The minimum absolute atomic E-state index is 0.0429. The first-order valence-electron chi connectivity index (χ1n) is 13.3. The van der Waals surface area contributed by atoms with E-state index < -0.39 is 17.4 Å². The maximum absolute atomic E-state index is 15.3. The summed E-state index contributed by atoms with van der Waals surface area (Å²) >= 11 is 1.64. The highest BCUT2D eigenvalue weighted by Gasteiger charge is 2.38. The van der Waals surface area contributed by atoms with Gasteiger partial charge in [-0.25, -0.2) is 9.18 Å². The molecule has 3 aromatic rings. The van der Waals surface area contributed by atoms with Crippen molar-refractivity contribution in [3.8, 4) is 5.75 Å². The lowest BCUT2D eigenvalue weighted by Crippen LogP contribution is -2.39. The molecule has 39 heavy (non-hydrogen) atoms. The second kappa shape index (κ2) is 12.8. The predicted octanol–water partition coefficient (Wildman–Crippen LogP) is 6.44. The van der Waals surface area contributed by atoms with Gasteiger partial charge in [-0.05, 0) is 68.7 Å². The zero-order valence-corrected chi connectivity index (χ0v) is 23.8. The minimum Gasteiger partial charge on any atom is -0.476 e. The number of carbonyl (C=O) groups excluding carboxylic acids is 2. The number of hydrogen-bond acceptors (Lipinski definition) is 6. The standard InChI is InChI=1S/C32H36FNO4S/c1-5-37-31(36)32(2,3)38-26-14-11-24(29(33)18-26)17-25-20-34(19-22-9-7-6-8-10-22)21-28(25)30(35)23-12-15-27(39-4)16-13-23/h6-16,18,25,28H,5,17,19-21H2,1-4H3/t25-,28?/m0/s1. The topological polar surface area (TPSA) is 55.8 Å². The second-order valence-corrected chi connectivity index (χ2v) is 11.3. The second-order valence-electron chi connectivity index (χ2n) is 10.4. The molecule has 1 unspecified atom stereocenters. The van der Waals surface area contributed by atoms with Gasteiger partial charge in [0, 0.05) is 42.1 Å². The van der Waals surface area contributed by atoms with Gasteiger partial charge in [0.05, 0.1) is 6.61 Å². The maximum atomic E-state index is 15.3. The number of rotatable bonds is 11. The molecule has 0 N–H and O–H groups in total. The Kier molecular flexibility index (Phi) is 9.46. The van der Waals surface area contributed by atoms with E-state index >= 15 is 4.39 Å². The summed E-state index contributed by atoms with van der Waals surface area (Å²) in [6.45, 7) is 7.22. The predicted molar refractivity (Wildman–Crippen MR) is 153 cm³/mol. The lowest BCUT2D eigenvalue weighted by molar-refractivity contribution is -0.158. The first kappa shape index (κ1) is 28.8. The van der Waals surface area contributed by atoms with Crippen molar-refractivity contribution in [1.82, 2.24) is 4.90 Å². The van der Waals surface area contributed by atoms with Crippen molar-refractivity contribution in [2.24, 2.45) is 11.8 Å². The van der Waals surface area contributed by atoms with Crippen molar-refractivity contribution in [1.29, 1.82) is 0 Å². The van der Waals surface area contributed by atoms with Crippen LogP contribution in [0.1, 0.15) is 42.3 Å². The van der Waals surface area contributed by atoms with Crippen LogP contribution in [0.15, 0.2) is 77.7 Å². The van der Waals surface area contributed by atoms with Gasteiger partial charge in [-0.2, -0.15) is 0 Å². The van der Waals surface area contributed by atoms with Crippen LogP contribution >= 0.6 is 11.8 Å². The summed E-state index contributed by atoms with van der Waals surface area (Å²) in [7, 11) is 0. The van der Waals surface area contributed by atoms with Gasteiger partial charge in [0.15, 0.2) is 11.4 Å². The first-order chi connectivity index (χ1) is 18.7. The van der Waals surface area contributed by atoms with Gasteiger partial charge < -0.3 is 9.47 Å². The van der Waals surface area contributed by atoms with E-state index in [1.54, 1.807) is 44.7 Å². The van der Waals surface area contributed by atoms with Crippen LogP contribution in [0.2, 0.25) is 0 Å². The van der Waals surface area contributed by atoms with Crippen LogP contribution in [0.5, 0.6) is 5.75 Å². The Morgan fingerprint density at radius 1 is 1.03 bits per heavy atom. The molecule has 0 radical (unpaired) electrons. The van der Waals surface area contributed by atoms with Gasteiger partial charge in [0.25, 0.3) is 0 Å². The van der Waals surface area contributed by atoms with Gasteiger partial charge in [-0.15, -0.1) is 11.8 Å². The molecule has 206 valence electrons.